The van der Waals surface area contributed by atoms with Crippen LogP contribution in [-0.4, -0.2) is 30.0 Å². The average molecular weight is 320 g/mol. The van der Waals surface area contributed by atoms with Crippen LogP contribution < -0.4 is 0 Å². The Labute approximate surface area is 130 Å². The van der Waals surface area contributed by atoms with E-state index in [1.807, 2.05) is 0 Å². The molecule has 0 rings (SSSR count). The second kappa shape index (κ2) is 13.8. The van der Waals surface area contributed by atoms with Gasteiger partial charge in [-0.1, -0.05) is 22.8 Å². The number of hydrogen-bond donors (Lipinski definition) is 0. The lowest BCUT2D eigenvalue weighted by molar-refractivity contribution is 0.994. The molecule has 0 aliphatic rings. The van der Waals surface area contributed by atoms with E-state index in [1.165, 1.54) is 0 Å². The first kappa shape index (κ1) is 19.8. The third-order valence-electron chi connectivity index (χ3n) is 3.25. The molecule has 0 N–H and O–H groups in total. The lowest BCUT2D eigenvalue weighted by Gasteiger charge is -2.33. The van der Waals surface area contributed by atoms with Gasteiger partial charge in [-0.2, -0.15) is 21.0 Å². The molecule has 0 aliphatic carbocycles. The predicted octanol–water partition coefficient (Wildman–Crippen LogP) is 4.34. The first-order valence-electron chi connectivity index (χ1n) is 7.21. The van der Waals surface area contributed by atoms with Crippen LogP contribution in [0.4, 0.5) is 0 Å². The Balaban J connectivity index is 4.93. The molecule has 21 heavy (non-hydrogen) atoms. The van der Waals surface area contributed by atoms with E-state index in [2.05, 4.69) is 31.2 Å². The molecule has 0 saturated heterocycles. The van der Waals surface area contributed by atoms with Crippen molar-refractivity contribution in [3.63, 3.8) is 0 Å². The maximum Gasteiger partial charge on any atom is 0.0625 e. The zero-order chi connectivity index (χ0) is 15.9. The summed E-state index contributed by atoms with van der Waals surface area (Å²) in [6, 6.07) is 8.86. The van der Waals surface area contributed by atoms with E-state index < -0.39 is 0 Å². The fourth-order valence-corrected chi connectivity index (χ4v) is 9.80. The molecule has 0 saturated carbocycles. The molecule has 0 aromatic rings. The van der Waals surface area contributed by atoms with Gasteiger partial charge in [0.2, 0.25) is 0 Å². The molecule has 0 spiro atoms. The van der Waals surface area contributed by atoms with Gasteiger partial charge < -0.3 is 0 Å². The SMILES string of the molecule is CCC(P(CCC#N)CCC#N)P(CCC#N)CCC#N. The van der Waals surface area contributed by atoms with Gasteiger partial charge in [0.1, 0.15) is 0 Å². The fraction of sp³-hybridized carbons (Fsp3) is 0.733. The summed E-state index contributed by atoms with van der Waals surface area (Å²) in [5.41, 5.74) is 0. The van der Waals surface area contributed by atoms with Crippen molar-refractivity contribution in [1.82, 2.24) is 0 Å². The Morgan fingerprint density at radius 3 is 1.14 bits per heavy atom. The van der Waals surface area contributed by atoms with Gasteiger partial charge in [0, 0.05) is 25.7 Å². The molecule has 0 amide bonds. The second-order valence-electron chi connectivity index (χ2n) is 4.59. The summed E-state index contributed by atoms with van der Waals surface area (Å²) in [6.07, 6.45) is 6.80. The van der Waals surface area contributed by atoms with Gasteiger partial charge in [-0.25, -0.2) is 0 Å². The molecule has 0 radical (unpaired) electrons. The molecule has 0 fully saturated rings. The molecule has 0 bridgehead atoms. The molecular weight excluding hydrogens is 298 g/mol. The van der Waals surface area contributed by atoms with Crippen molar-refractivity contribution < 1.29 is 0 Å². The summed E-state index contributed by atoms with van der Waals surface area (Å²) in [5.74, 6) is 0. The Hall–Kier alpha value is -1.18. The highest BCUT2D eigenvalue weighted by atomic mass is 31.2. The van der Waals surface area contributed by atoms with E-state index in [9.17, 15) is 0 Å². The van der Waals surface area contributed by atoms with Crippen molar-refractivity contribution in [2.75, 3.05) is 24.6 Å². The van der Waals surface area contributed by atoms with Gasteiger partial charge in [-0.05, 0) is 36.5 Å². The van der Waals surface area contributed by atoms with Crippen molar-refractivity contribution in [2.24, 2.45) is 0 Å². The maximum absolute atomic E-state index is 8.83. The highest BCUT2D eigenvalue weighted by molar-refractivity contribution is 7.75. The van der Waals surface area contributed by atoms with Crippen molar-refractivity contribution >= 4 is 15.8 Å². The minimum absolute atomic E-state index is 0.343. The normalized spacial score (nSPS) is 10.1. The minimum Gasteiger partial charge on any atom is -0.198 e. The van der Waals surface area contributed by atoms with Crippen LogP contribution in [0.1, 0.15) is 39.0 Å². The van der Waals surface area contributed by atoms with Crippen molar-refractivity contribution in [1.29, 1.82) is 21.0 Å². The van der Waals surface area contributed by atoms with Crippen molar-refractivity contribution in [3.8, 4) is 24.3 Å². The third kappa shape index (κ3) is 8.64. The van der Waals surface area contributed by atoms with Crippen LogP contribution in [-0.2, 0) is 0 Å². The summed E-state index contributed by atoms with van der Waals surface area (Å²) in [4.78, 5) is 0. The zero-order valence-electron chi connectivity index (χ0n) is 12.6. The second-order valence-corrected chi connectivity index (χ2v) is 10.4. The van der Waals surface area contributed by atoms with Crippen molar-refractivity contribution in [2.45, 2.75) is 44.4 Å². The number of nitriles is 4. The number of rotatable bonds is 11. The molecule has 0 atom stereocenters. The lowest BCUT2D eigenvalue weighted by atomic mass is 10.5. The lowest BCUT2D eigenvalue weighted by Crippen LogP contribution is -2.11. The summed E-state index contributed by atoms with van der Waals surface area (Å²) in [7, 11) is -0.687. The maximum atomic E-state index is 8.83. The Morgan fingerprint density at radius 2 is 0.952 bits per heavy atom. The molecule has 112 valence electrons. The fourth-order valence-electron chi connectivity index (χ4n) is 2.34. The smallest absolute Gasteiger partial charge is 0.0625 e. The van der Waals surface area contributed by atoms with Gasteiger partial charge in [-0.3, -0.25) is 0 Å². The monoisotopic (exact) mass is 320 g/mol. The van der Waals surface area contributed by atoms with Crippen LogP contribution in [0.15, 0.2) is 0 Å². The molecular formula is C15H22N4P2. The Morgan fingerprint density at radius 1 is 0.667 bits per heavy atom. The van der Waals surface area contributed by atoms with Crippen LogP contribution in [0.5, 0.6) is 0 Å². The van der Waals surface area contributed by atoms with Gasteiger partial charge >= 0.3 is 0 Å². The molecule has 0 heterocycles. The number of nitrogens with zero attached hydrogens (tertiary/aromatic N) is 4. The van der Waals surface area contributed by atoms with E-state index in [1.54, 1.807) is 0 Å². The Kier molecular flexibility index (Phi) is 13.0. The van der Waals surface area contributed by atoms with Gasteiger partial charge in [0.05, 0.1) is 24.3 Å². The zero-order valence-corrected chi connectivity index (χ0v) is 14.4. The highest BCUT2D eigenvalue weighted by Gasteiger charge is 2.26. The molecule has 6 heteroatoms. The topological polar surface area (TPSA) is 95.2 Å². The largest absolute Gasteiger partial charge is 0.198 e. The van der Waals surface area contributed by atoms with Gasteiger partial charge in [-0.15, -0.1) is 0 Å². The van der Waals surface area contributed by atoms with Crippen LogP contribution in [0.3, 0.4) is 0 Å². The van der Waals surface area contributed by atoms with Crippen LogP contribution >= 0.6 is 15.8 Å². The summed E-state index contributed by atoms with van der Waals surface area (Å²) in [6.45, 7) is 2.16. The van der Waals surface area contributed by atoms with Crippen LogP contribution in [0.25, 0.3) is 0 Å². The standard InChI is InChI=1S/C15H22N4P2/c1-2-15(20(11-3-7-16)12-4-8-17)21(13-5-9-18)14-6-10-19/h15H,2-6,11-14H2,1H3. The molecule has 0 aromatic heterocycles. The average Bonchev–Trinajstić information content (AvgIpc) is 2.51. The van der Waals surface area contributed by atoms with Crippen molar-refractivity contribution in [3.05, 3.63) is 0 Å². The highest BCUT2D eigenvalue weighted by Crippen LogP contribution is 2.60. The predicted molar refractivity (Wildman–Crippen MR) is 88.3 cm³/mol. The van der Waals surface area contributed by atoms with E-state index in [-0.39, 0.29) is 15.8 Å². The van der Waals surface area contributed by atoms with Gasteiger partial charge in [0.25, 0.3) is 0 Å². The summed E-state index contributed by atoms with van der Waals surface area (Å²) < 4.78 is 0. The quantitative estimate of drug-likeness (QED) is 0.529. The van der Waals surface area contributed by atoms with Crippen LogP contribution in [0, 0.1) is 45.3 Å². The minimum atomic E-state index is -0.343. The molecule has 0 aromatic carbocycles. The Bertz CT molecular complexity index is 363. The summed E-state index contributed by atoms with van der Waals surface area (Å²) >= 11 is 0. The molecule has 0 aliphatic heterocycles. The van der Waals surface area contributed by atoms with E-state index >= 15 is 0 Å². The van der Waals surface area contributed by atoms with Gasteiger partial charge in [0.15, 0.2) is 0 Å². The third-order valence-corrected chi connectivity index (χ3v) is 10.8. The molecule has 4 nitrogen and oxygen atoms in total. The molecule has 0 unspecified atom stereocenters. The first-order valence-corrected chi connectivity index (χ1v) is 10.8. The van der Waals surface area contributed by atoms with E-state index in [0.29, 0.717) is 31.1 Å². The van der Waals surface area contributed by atoms with Crippen LogP contribution in [0.2, 0.25) is 0 Å². The number of hydrogen-bond acceptors (Lipinski definition) is 4. The first-order chi connectivity index (χ1) is 10.2. The van der Waals surface area contributed by atoms with E-state index in [0.717, 1.165) is 31.1 Å². The summed E-state index contributed by atoms with van der Waals surface area (Å²) in [5, 5.41) is 35.9. The van der Waals surface area contributed by atoms with E-state index in [4.69, 9.17) is 21.0 Å².